The first-order valence-electron chi connectivity index (χ1n) is 3.20. The van der Waals surface area contributed by atoms with E-state index >= 15 is 0 Å². The Morgan fingerprint density at radius 3 is 2.33 bits per heavy atom. The van der Waals surface area contributed by atoms with E-state index < -0.39 is 18.0 Å². The zero-order chi connectivity index (χ0) is 9.56. The summed E-state index contributed by atoms with van der Waals surface area (Å²) in [6.07, 6.45) is -0.264. The molecule has 0 fully saturated rings. The number of hydrogen-bond acceptors (Lipinski definition) is 6. The number of nitrogens with one attached hydrogen (secondary N) is 1. The van der Waals surface area contributed by atoms with Crippen LogP contribution in [0.2, 0.25) is 0 Å². The van der Waals surface area contributed by atoms with Crippen LogP contribution in [0.25, 0.3) is 0 Å². The van der Waals surface area contributed by atoms with Gasteiger partial charge in [-0.1, -0.05) is 0 Å². The third-order valence-electron chi connectivity index (χ3n) is 1.24. The number of carbonyl (C=O) groups is 2. The molecule has 1 atom stereocenters. The van der Waals surface area contributed by atoms with E-state index in [2.05, 4.69) is 9.47 Å². The van der Waals surface area contributed by atoms with Crippen molar-refractivity contribution >= 4 is 11.9 Å². The molecule has 0 aromatic carbocycles. The molecule has 0 aromatic heterocycles. The van der Waals surface area contributed by atoms with E-state index in [0.29, 0.717) is 0 Å². The topological polar surface area (TPSA) is 84.9 Å². The highest BCUT2D eigenvalue weighted by atomic mass is 16.5. The Balaban J connectivity index is 3.99. The molecule has 6 nitrogen and oxygen atoms in total. The van der Waals surface area contributed by atoms with Crippen LogP contribution in [0, 0.1) is 0 Å². The molecule has 0 unspecified atom stereocenters. The van der Waals surface area contributed by atoms with Gasteiger partial charge < -0.3 is 14.7 Å². The summed E-state index contributed by atoms with van der Waals surface area (Å²) >= 11 is 0. The minimum absolute atomic E-state index is 0.264. The summed E-state index contributed by atoms with van der Waals surface area (Å²) < 4.78 is 8.56. The molecule has 6 heteroatoms. The maximum Gasteiger partial charge on any atom is 0.325 e. The summed E-state index contributed by atoms with van der Waals surface area (Å²) in [6, 6.07) is -1.07. The van der Waals surface area contributed by atoms with Gasteiger partial charge in [-0.3, -0.25) is 9.59 Å². The fraction of sp³-hybridized carbons (Fsp3) is 0.667. The molecule has 0 heterocycles. The normalized spacial score (nSPS) is 11.9. The van der Waals surface area contributed by atoms with Crippen LogP contribution >= 0.6 is 0 Å². The Labute approximate surface area is 69.4 Å². The lowest BCUT2D eigenvalue weighted by atomic mass is 10.2. The fourth-order valence-corrected chi connectivity index (χ4v) is 0.574. The third-order valence-corrected chi connectivity index (χ3v) is 1.24. The third kappa shape index (κ3) is 3.31. The number of ether oxygens (including phenoxy) is 2. The monoisotopic (exact) mass is 177 g/mol. The number of hydroxylamine groups is 1. The molecule has 0 spiro atoms. The second-order valence-corrected chi connectivity index (χ2v) is 1.99. The van der Waals surface area contributed by atoms with Gasteiger partial charge in [0.25, 0.3) is 0 Å². The second-order valence-electron chi connectivity index (χ2n) is 1.99. The molecule has 12 heavy (non-hydrogen) atoms. The SMILES string of the molecule is COC(=O)C[C@H](NO)C(=O)OC. The Kier molecular flexibility index (Phi) is 4.98. The molecule has 0 amide bonds. The Morgan fingerprint density at radius 1 is 1.42 bits per heavy atom. The highest BCUT2D eigenvalue weighted by molar-refractivity contribution is 5.82. The Hall–Kier alpha value is -1.14. The molecule has 0 radical (unpaired) electrons. The zero-order valence-electron chi connectivity index (χ0n) is 6.86. The number of esters is 2. The van der Waals surface area contributed by atoms with E-state index in [4.69, 9.17) is 5.21 Å². The molecule has 2 N–H and O–H groups in total. The summed E-state index contributed by atoms with van der Waals surface area (Å²) in [5.41, 5.74) is 1.64. The van der Waals surface area contributed by atoms with Gasteiger partial charge in [-0.2, -0.15) is 5.48 Å². The van der Waals surface area contributed by atoms with Crippen molar-refractivity contribution in [1.29, 1.82) is 0 Å². The zero-order valence-corrected chi connectivity index (χ0v) is 6.86. The number of carbonyl (C=O) groups excluding carboxylic acids is 2. The first kappa shape index (κ1) is 10.9. The van der Waals surface area contributed by atoms with Gasteiger partial charge in [-0.15, -0.1) is 0 Å². The van der Waals surface area contributed by atoms with Crippen molar-refractivity contribution in [1.82, 2.24) is 5.48 Å². The van der Waals surface area contributed by atoms with Crippen LogP contribution in [0.1, 0.15) is 6.42 Å². The van der Waals surface area contributed by atoms with Crippen molar-refractivity contribution in [3.05, 3.63) is 0 Å². The van der Waals surface area contributed by atoms with Gasteiger partial charge in [0.05, 0.1) is 20.6 Å². The molecule has 0 aliphatic heterocycles. The molecule has 0 saturated heterocycles. The largest absolute Gasteiger partial charge is 0.469 e. The molecule has 0 bridgehead atoms. The van der Waals surface area contributed by atoms with Gasteiger partial charge in [0.2, 0.25) is 0 Å². The van der Waals surface area contributed by atoms with E-state index in [9.17, 15) is 9.59 Å². The van der Waals surface area contributed by atoms with Crippen molar-refractivity contribution in [3.8, 4) is 0 Å². The second kappa shape index (κ2) is 5.50. The van der Waals surface area contributed by atoms with Crippen molar-refractivity contribution in [3.63, 3.8) is 0 Å². The van der Waals surface area contributed by atoms with E-state index in [-0.39, 0.29) is 6.42 Å². The van der Waals surface area contributed by atoms with Crippen molar-refractivity contribution in [2.75, 3.05) is 14.2 Å². The van der Waals surface area contributed by atoms with Crippen molar-refractivity contribution in [2.45, 2.75) is 12.5 Å². The fourth-order valence-electron chi connectivity index (χ4n) is 0.574. The summed E-state index contributed by atoms with van der Waals surface area (Å²) in [7, 11) is 2.35. The van der Waals surface area contributed by atoms with Gasteiger partial charge in [0.15, 0.2) is 0 Å². The quantitative estimate of drug-likeness (QED) is 0.426. The molecule has 0 aromatic rings. The van der Waals surface area contributed by atoms with Crippen molar-refractivity contribution in [2.24, 2.45) is 0 Å². The average molecular weight is 177 g/mol. The first-order valence-corrected chi connectivity index (χ1v) is 3.20. The predicted molar refractivity (Wildman–Crippen MR) is 37.4 cm³/mol. The molecule has 70 valence electrons. The highest BCUT2D eigenvalue weighted by Gasteiger charge is 2.21. The minimum Gasteiger partial charge on any atom is -0.469 e. The van der Waals surface area contributed by atoms with Crippen molar-refractivity contribution < 1.29 is 24.3 Å². The molecule has 0 rings (SSSR count). The number of hydrogen-bond donors (Lipinski definition) is 2. The maximum absolute atomic E-state index is 10.7. The summed E-state index contributed by atoms with van der Waals surface area (Å²) in [5.74, 6) is -1.32. The van der Waals surface area contributed by atoms with Crippen LogP contribution in [0.15, 0.2) is 0 Å². The first-order chi connectivity index (χ1) is 5.65. The number of rotatable bonds is 4. The summed E-state index contributed by atoms with van der Waals surface area (Å²) in [4.78, 5) is 21.4. The summed E-state index contributed by atoms with van der Waals surface area (Å²) in [6.45, 7) is 0. The van der Waals surface area contributed by atoms with E-state index in [1.165, 1.54) is 7.11 Å². The van der Waals surface area contributed by atoms with Gasteiger partial charge in [0, 0.05) is 0 Å². The van der Waals surface area contributed by atoms with Crippen LogP contribution in [0.3, 0.4) is 0 Å². The molecular formula is C6H11NO5. The van der Waals surface area contributed by atoms with E-state index in [0.717, 1.165) is 7.11 Å². The van der Waals surface area contributed by atoms with Gasteiger partial charge in [-0.25, -0.2) is 0 Å². The molecule has 0 saturated carbocycles. The average Bonchev–Trinajstić information content (AvgIpc) is 2.12. The van der Waals surface area contributed by atoms with Crippen LogP contribution < -0.4 is 5.48 Å². The van der Waals surface area contributed by atoms with Crippen LogP contribution in [-0.4, -0.2) is 37.4 Å². The predicted octanol–water partition coefficient (Wildman–Crippen LogP) is -0.930. The Morgan fingerprint density at radius 2 is 2.00 bits per heavy atom. The standard InChI is InChI=1S/C6H11NO5/c1-11-5(8)3-4(7-10)6(9)12-2/h4,7,10H,3H2,1-2H3/t4-/m0/s1. The lowest BCUT2D eigenvalue weighted by molar-refractivity contribution is -0.152. The molecule has 0 aliphatic rings. The lowest BCUT2D eigenvalue weighted by Gasteiger charge is -2.10. The molecular weight excluding hydrogens is 166 g/mol. The maximum atomic E-state index is 10.7. The van der Waals surface area contributed by atoms with Crippen LogP contribution in [0.4, 0.5) is 0 Å². The van der Waals surface area contributed by atoms with Gasteiger partial charge >= 0.3 is 11.9 Å². The molecule has 0 aliphatic carbocycles. The number of methoxy groups -OCH3 is 2. The van der Waals surface area contributed by atoms with Crippen LogP contribution in [0.5, 0.6) is 0 Å². The van der Waals surface area contributed by atoms with E-state index in [1.807, 2.05) is 0 Å². The van der Waals surface area contributed by atoms with E-state index in [1.54, 1.807) is 5.48 Å². The highest BCUT2D eigenvalue weighted by Crippen LogP contribution is 1.95. The smallest absolute Gasteiger partial charge is 0.325 e. The minimum atomic E-state index is -1.07. The lowest BCUT2D eigenvalue weighted by Crippen LogP contribution is -2.37. The summed E-state index contributed by atoms with van der Waals surface area (Å²) in [5, 5.41) is 8.41. The Bertz CT molecular complexity index is 169. The van der Waals surface area contributed by atoms with Gasteiger partial charge in [0.1, 0.15) is 6.04 Å². The van der Waals surface area contributed by atoms with Crippen LogP contribution in [-0.2, 0) is 19.1 Å². The van der Waals surface area contributed by atoms with Gasteiger partial charge in [-0.05, 0) is 0 Å².